The van der Waals surface area contributed by atoms with Crippen molar-refractivity contribution in [1.82, 2.24) is 24.8 Å². The van der Waals surface area contributed by atoms with Crippen LogP contribution >= 0.6 is 11.8 Å². The molecule has 1 N–H and O–H groups in total. The third kappa shape index (κ3) is 2.50. The van der Waals surface area contributed by atoms with Crippen LogP contribution in [0.5, 0.6) is 0 Å². The van der Waals surface area contributed by atoms with Gasteiger partial charge in [0.1, 0.15) is 12.0 Å². The van der Waals surface area contributed by atoms with Crippen molar-refractivity contribution >= 4 is 29.2 Å². The third-order valence-corrected chi connectivity index (χ3v) is 7.21. The molecule has 7 nitrogen and oxygen atoms in total. The van der Waals surface area contributed by atoms with Gasteiger partial charge in [-0.05, 0) is 50.0 Å². The largest absolute Gasteiger partial charge is 0.346 e. The van der Waals surface area contributed by atoms with Crippen molar-refractivity contribution in [2.45, 2.75) is 55.5 Å². The minimum atomic E-state index is -0.152. The molecule has 5 heterocycles. The average molecular weight is 371 g/mol. The standard InChI is InChI=1S/C18H21N5O2S/c24-17(14-3-1-5-16-19-10-20-23(14)16)21-12-9-11-6-7-13(12)22(11)18(25)15-4-2-8-26-15/h1,3,5,10-13,15H,2,4,6-9H2,(H,21,24)/t11-,12-,13+,15?/m1/s1. The second-order valence-electron chi connectivity index (χ2n) is 7.30. The van der Waals surface area contributed by atoms with E-state index in [4.69, 9.17) is 0 Å². The lowest BCUT2D eigenvalue weighted by molar-refractivity contribution is -0.131. The number of amides is 2. The zero-order valence-electron chi connectivity index (χ0n) is 14.4. The highest BCUT2D eigenvalue weighted by Crippen LogP contribution is 2.40. The van der Waals surface area contributed by atoms with Crippen molar-refractivity contribution in [2.75, 3.05) is 5.75 Å². The van der Waals surface area contributed by atoms with Gasteiger partial charge in [-0.25, -0.2) is 9.50 Å². The molecule has 2 aromatic rings. The van der Waals surface area contributed by atoms with E-state index < -0.39 is 0 Å². The topological polar surface area (TPSA) is 79.6 Å². The van der Waals surface area contributed by atoms with Gasteiger partial charge in [0.15, 0.2) is 5.65 Å². The summed E-state index contributed by atoms with van der Waals surface area (Å²) in [5.74, 6) is 1.22. The van der Waals surface area contributed by atoms with Crippen molar-refractivity contribution in [2.24, 2.45) is 0 Å². The molecular weight excluding hydrogens is 350 g/mol. The Morgan fingerprint density at radius 1 is 1.23 bits per heavy atom. The maximum Gasteiger partial charge on any atom is 0.270 e. The number of nitrogens with one attached hydrogen (secondary N) is 1. The molecule has 136 valence electrons. The van der Waals surface area contributed by atoms with Crippen LogP contribution in [-0.4, -0.2) is 60.4 Å². The van der Waals surface area contributed by atoms with Crippen molar-refractivity contribution in [3.8, 4) is 0 Å². The molecule has 0 aromatic carbocycles. The van der Waals surface area contributed by atoms with E-state index in [0.717, 1.165) is 37.9 Å². The van der Waals surface area contributed by atoms with Crippen LogP contribution < -0.4 is 5.32 Å². The quantitative estimate of drug-likeness (QED) is 0.884. The molecule has 4 atom stereocenters. The van der Waals surface area contributed by atoms with Crippen molar-refractivity contribution in [1.29, 1.82) is 0 Å². The summed E-state index contributed by atoms with van der Waals surface area (Å²) in [4.78, 5) is 31.9. The Balaban J connectivity index is 1.33. The maximum atomic E-state index is 12.9. The predicted molar refractivity (Wildman–Crippen MR) is 98.0 cm³/mol. The summed E-state index contributed by atoms with van der Waals surface area (Å²) >= 11 is 1.79. The van der Waals surface area contributed by atoms with Crippen LogP contribution in [-0.2, 0) is 4.79 Å². The molecular formula is C18H21N5O2S. The van der Waals surface area contributed by atoms with Crippen LogP contribution in [0.25, 0.3) is 5.65 Å². The summed E-state index contributed by atoms with van der Waals surface area (Å²) in [5, 5.41) is 7.41. The number of hydrogen-bond donors (Lipinski definition) is 1. The molecule has 0 saturated carbocycles. The molecule has 0 radical (unpaired) electrons. The monoisotopic (exact) mass is 371 g/mol. The van der Waals surface area contributed by atoms with Crippen molar-refractivity contribution < 1.29 is 9.59 Å². The molecule has 3 fully saturated rings. The summed E-state index contributed by atoms with van der Waals surface area (Å²) in [6, 6.07) is 5.82. The van der Waals surface area contributed by atoms with E-state index in [1.165, 1.54) is 6.33 Å². The number of carbonyl (C=O) groups excluding carboxylic acids is 2. The van der Waals surface area contributed by atoms with E-state index in [1.54, 1.807) is 22.3 Å². The van der Waals surface area contributed by atoms with Gasteiger partial charge in [-0.15, -0.1) is 11.8 Å². The van der Waals surface area contributed by atoms with E-state index in [-0.39, 0.29) is 35.2 Å². The Labute approximate surface area is 155 Å². The van der Waals surface area contributed by atoms with Crippen LogP contribution in [0.1, 0.15) is 42.6 Å². The molecule has 2 amide bonds. The zero-order chi connectivity index (χ0) is 17.7. The lowest BCUT2D eigenvalue weighted by Gasteiger charge is -2.27. The lowest BCUT2D eigenvalue weighted by atomic mass is 9.95. The van der Waals surface area contributed by atoms with Gasteiger partial charge in [0, 0.05) is 6.04 Å². The Morgan fingerprint density at radius 3 is 3.00 bits per heavy atom. The number of hydrogen-bond acceptors (Lipinski definition) is 5. The number of rotatable bonds is 3. The highest BCUT2D eigenvalue weighted by atomic mass is 32.2. The molecule has 3 aliphatic rings. The summed E-state index contributed by atoms with van der Waals surface area (Å²) in [5.41, 5.74) is 1.13. The fourth-order valence-corrected chi connectivity index (χ4v) is 5.90. The summed E-state index contributed by atoms with van der Waals surface area (Å²) < 4.78 is 1.56. The number of carbonyl (C=O) groups is 2. The Bertz CT molecular complexity index is 862. The smallest absolute Gasteiger partial charge is 0.270 e. The molecule has 8 heteroatoms. The molecule has 2 aromatic heterocycles. The second-order valence-corrected chi connectivity index (χ2v) is 8.61. The minimum absolute atomic E-state index is 0.0235. The number of nitrogens with zero attached hydrogens (tertiary/aromatic N) is 4. The lowest BCUT2D eigenvalue weighted by Crippen LogP contribution is -2.47. The van der Waals surface area contributed by atoms with Gasteiger partial charge >= 0.3 is 0 Å². The highest BCUT2D eigenvalue weighted by Gasteiger charge is 2.50. The van der Waals surface area contributed by atoms with Crippen LogP contribution in [0.15, 0.2) is 24.5 Å². The molecule has 5 rings (SSSR count). The highest BCUT2D eigenvalue weighted by molar-refractivity contribution is 8.00. The van der Waals surface area contributed by atoms with Crippen LogP contribution in [0, 0.1) is 0 Å². The first-order valence-corrected chi connectivity index (χ1v) is 10.3. The molecule has 3 saturated heterocycles. The van der Waals surface area contributed by atoms with E-state index >= 15 is 0 Å². The maximum absolute atomic E-state index is 12.9. The summed E-state index contributed by atoms with van der Waals surface area (Å²) in [7, 11) is 0. The van der Waals surface area contributed by atoms with E-state index in [1.807, 2.05) is 12.1 Å². The van der Waals surface area contributed by atoms with Gasteiger partial charge in [0.2, 0.25) is 5.91 Å². The average Bonchev–Trinajstić information content (AvgIpc) is 3.43. The zero-order valence-corrected chi connectivity index (χ0v) is 15.2. The molecule has 0 spiro atoms. The van der Waals surface area contributed by atoms with Crippen molar-refractivity contribution in [3.63, 3.8) is 0 Å². The Hall–Kier alpha value is -2.09. The van der Waals surface area contributed by atoms with Crippen LogP contribution in [0.4, 0.5) is 0 Å². The fraction of sp³-hybridized carbons (Fsp3) is 0.556. The van der Waals surface area contributed by atoms with Gasteiger partial charge in [-0.2, -0.15) is 5.10 Å². The number of fused-ring (bicyclic) bond motifs is 3. The third-order valence-electron chi connectivity index (χ3n) is 5.85. The van der Waals surface area contributed by atoms with Gasteiger partial charge in [0.05, 0.1) is 17.3 Å². The molecule has 3 aliphatic heterocycles. The van der Waals surface area contributed by atoms with E-state index in [2.05, 4.69) is 20.3 Å². The fourth-order valence-electron chi connectivity index (χ4n) is 4.69. The SMILES string of the molecule is O=C(N[C@@H]1C[C@H]2CC[C@@H]1N2C(=O)C1CCCS1)c1cccc2ncnn12. The van der Waals surface area contributed by atoms with E-state index in [0.29, 0.717) is 11.3 Å². The molecule has 26 heavy (non-hydrogen) atoms. The normalized spacial score (nSPS) is 30.2. The van der Waals surface area contributed by atoms with Gasteiger partial charge in [-0.3, -0.25) is 9.59 Å². The number of thioether (sulfide) groups is 1. The number of aromatic nitrogens is 3. The predicted octanol–water partition coefficient (Wildman–Crippen LogP) is 1.49. The second kappa shape index (κ2) is 6.26. The molecule has 2 bridgehead atoms. The van der Waals surface area contributed by atoms with Gasteiger partial charge in [0.25, 0.3) is 5.91 Å². The molecule has 1 unspecified atom stereocenters. The first kappa shape index (κ1) is 16.1. The first-order valence-electron chi connectivity index (χ1n) is 9.26. The summed E-state index contributed by atoms with van der Waals surface area (Å²) in [6.07, 6.45) is 6.46. The summed E-state index contributed by atoms with van der Waals surface area (Å²) in [6.45, 7) is 0. The number of pyridine rings is 1. The Morgan fingerprint density at radius 2 is 2.15 bits per heavy atom. The van der Waals surface area contributed by atoms with Gasteiger partial charge < -0.3 is 10.2 Å². The molecule has 0 aliphatic carbocycles. The first-order chi connectivity index (χ1) is 12.7. The van der Waals surface area contributed by atoms with Crippen LogP contribution in [0.3, 0.4) is 0 Å². The van der Waals surface area contributed by atoms with Crippen LogP contribution in [0.2, 0.25) is 0 Å². The van der Waals surface area contributed by atoms with Crippen molar-refractivity contribution in [3.05, 3.63) is 30.2 Å². The van der Waals surface area contributed by atoms with E-state index in [9.17, 15) is 9.59 Å². The Kier molecular flexibility index (Phi) is 3.88. The minimum Gasteiger partial charge on any atom is -0.346 e. The van der Waals surface area contributed by atoms with Gasteiger partial charge in [-0.1, -0.05) is 6.07 Å².